The van der Waals surface area contributed by atoms with Crippen LogP contribution in [0.15, 0.2) is 0 Å². The Bertz CT molecular complexity index is 26.9. The first-order chi connectivity index (χ1) is 2.41. The van der Waals surface area contributed by atoms with Gasteiger partial charge in [-0.15, -0.1) is 0 Å². The summed E-state index contributed by atoms with van der Waals surface area (Å²) < 4.78 is 0. The maximum absolute atomic E-state index is 8.68. The normalized spacial score (nSPS) is 1.46. The molecule has 0 spiro atoms. The summed E-state index contributed by atoms with van der Waals surface area (Å²) in [5.41, 5.74) is 5.75. The summed E-state index contributed by atoms with van der Waals surface area (Å²) in [7, 11) is 1.25. The molecule has 0 bridgehead atoms. The Hall–Kier alpha value is 8.05. The molecule has 0 aliphatic carbocycles. The number of hydrogen-bond acceptors (Lipinski definition) is 1. The van der Waals surface area contributed by atoms with E-state index < -0.39 is 0 Å². The Labute approximate surface area is 271 Å². The van der Waals surface area contributed by atoms with Crippen LogP contribution in [-0.2, 0) is 4.79 Å². The second-order valence-electron chi connectivity index (χ2n) is 0.204. The molecular weight excluding hydrogens is 1970 g/mol. The first-order valence-corrected chi connectivity index (χ1v) is 1.20. The van der Waals surface area contributed by atoms with Crippen LogP contribution in [0.3, 0.4) is 0 Å². The molecule has 0 saturated carbocycles. The summed E-state index contributed by atoms with van der Waals surface area (Å²) in [5, 5.41) is 0. The van der Waals surface area contributed by atoms with Crippen molar-refractivity contribution in [2.75, 3.05) is 7.05 Å². The molecule has 0 heterocycles. The summed E-state index contributed by atoms with van der Waals surface area (Å²) in [4.78, 5) is 8.68. The van der Waals surface area contributed by atoms with Gasteiger partial charge in [0.15, 0.2) is 0 Å². The summed E-state index contributed by atoms with van der Waals surface area (Å²) in [6.45, 7) is 1.32. The van der Waals surface area contributed by atoms with Gasteiger partial charge in [-0.25, -0.2) is 0 Å². The molecule has 62 valence electrons. The van der Waals surface area contributed by atoms with Crippen molar-refractivity contribution in [1.29, 1.82) is 0 Å². The van der Waals surface area contributed by atoms with Gasteiger partial charge in [-0.1, -0.05) is 0 Å². The van der Waals surface area contributed by atoms with Crippen LogP contribution in [-0.4, -0.2) is 13.3 Å². The summed E-state index contributed by atoms with van der Waals surface area (Å²) in [5.74, 6) is 0. The summed E-state index contributed by atoms with van der Waals surface area (Å²) in [6.07, 6.45) is 1.50. The fraction of sp³-hybridized carbons (Fsp3) is 0.667. The Kier molecular flexibility index (Phi) is 474. The smallest absolute Gasteiger partial charge is 0.680 e. The van der Waals surface area contributed by atoms with E-state index >= 15 is 0 Å². The van der Waals surface area contributed by atoms with Crippen LogP contribution in [0.25, 0.3) is 5.73 Å². The molecule has 0 aromatic carbocycles. The minimum absolute atomic E-state index is 0. The maximum atomic E-state index is 8.68. The van der Waals surface area contributed by atoms with Gasteiger partial charge in [-0.3, -0.25) is 6.29 Å². The molecule has 0 aromatic heterocycles. The zero-order valence-electron chi connectivity index (χ0n) is 7.41. The van der Waals surface area contributed by atoms with Crippen LogP contribution in [0.4, 0.5) is 0 Å². The van der Waals surface area contributed by atoms with Gasteiger partial charge in [0.05, 0.1) is 0 Å². The van der Waals surface area contributed by atoms with E-state index in [1.54, 1.807) is 0 Å². The molecule has 0 atom stereocenters. The molecule has 0 amide bonds. The number of carbonyl (C=O) groups excluding carboxylic acids is 1. The molecule has 0 aliphatic heterocycles. The largest absolute Gasteiger partial charge is 2.00 e. The average molecular weight is 1980 g/mol. The van der Waals surface area contributed by atoms with Gasteiger partial charge in [0.25, 0.3) is 0 Å². The third-order valence-corrected chi connectivity index (χ3v) is 0. The van der Waals surface area contributed by atoms with E-state index in [-0.39, 0.29) is 249 Å². The van der Waals surface area contributed by atoms with Gasteiger partial charge in [0, 0.05) is 218 Å². The third kappa shape index (κ3) is 101. The Balaban J connectivity index is -0.00000000109. The average Bonchev–Trinajstić information content (AvgIpc) is 1.46. The summed E-state index contributed by atoms with van der Waals surface area (Å²) in [6, 6.07) is 0. The molecule has 10 heteroatoms. The second-order valence-corrected chi connectivity index (χ2v) is 0.204. The zero-order chi connectivity index (χ0) is 4.71. The molecule has 0 fully saturated rings. The third-order valence-electron chi connectivity index (χ3n) is 0. The minimum Gasteiger partial charge on any atom is -0.680 e. The monoisotopic (exact) mass is 1980 g/mol. The fourth-order valence-electron chi connectivity index (χ4n) is 0. The first-order valence-electron chi connectivity index (χ1n) is 1.20. The van der Waals surface area contributed by atoms with E-state index in [2.05, 4.69) is 0 Å². The van der Waals surface area contributed by atoms with Gasteiger partial charge in [0.1, 0.15) is 0 Å². The van der Waals surface area contributed by atoms with Crippen molar-refractivity contribution >= 4 is 6.29 Å². The van der Waals surface area contributed by atoms with Crippen molar-refractivity contribution < 1.29 is 254 Å². The molecular formula is C3H7NOU8. The van der Waals surface area contributed by atoms with Crippen LogP contribution in [0, 0.1) is 249 Å². The van der Waals surface area contributed by atoms with E-state index in [1.807, 2.05) is 0 Å². The second kappa shape index (κ2) is 88.9. The van der Waals surface area contributed by atoms with Crippen molar-refractivity contribution in [1.82, 2.24) is 0 Å². The molecule has 13 heavy (non-hydrogen) atoms. The Morgan fingerprint density at radius 1 is 0.769 bits per heavy atom. The van der Waals surface area contributed by atoms with Gasteiger partial charge >= 0.3 is 31.1 Å². The number of rotatable bonds is 0. The maximum Gasteiger partial charge on any atom is 2.00 e. The van der Waals surface area contributed by atoms with E-state index in [0.717, 1.165) is 0 Å². The predicted octanol–water partition coefficient (Wildman–Crippen LogP) is 0.784. The molecule has 2 nitrogen and oxygen atoms in total. The number of nitrogens with one attached hydrogen (secondary N) is 1. The van der Waals surface area contributed by atoms with Gasteiger partial charge in [-0.05, 0) is 0 Å². The van der Waals surface area contributed by atoms with E-state index in [0.29, 0.717) is 0 Å². The zero-order valence-corrected chi connectivity index (χ0v) is 40.7. The van der Waals surface area contributed by atoms with Crippen LogP contribution in [0.5, 0.6) is 0 Å². The molecule has 0 aliphatic rings. The molecule has 0 rings (SSSR count). The van der Waals surface area contributed by atoms with Gasteiger partial charge < -0.3 is 10.5 Å². The van der Waals surface area contributed by atoms with Crippen molar-refractivity contribution in [3.63, 3.8) is 0 Å². The molecule has 0 aromatic rings. The molecule has 0 radical (unpaired) electrons. The van der Waals surface area contributed by atoms with E-state index in [1.165, 1.54) is 20.3 Å². The Morgan fingerprint density at radius 3 is 0.769 bits per heavy atom. The molecule has 0 unspecified atom stereocenters. The fourth-order valence-corrected chi connectivity index (χ4v) is 0. The van der Waals surface area contributed by atoms with E-state index in [4.69, 9.17) is 10.5 Å². The predicted molar refractivity (Wildman–Crippen MR) is 21.6 cm³/mol. The standard InChI is InChI=1S/C2H3O.CH4N.8U/c1-2-3;1-2;;;;;;;;/h1H3;2H,1H3;;;;;;;;/q2*-1;;;;;;;;+2. The van der Waals surface area contributed by atoms with Gasteiger partial charge in [-0.2, -0.15) is 14.0 Å². The van der Waals surface area contributed by atoms with Crippen LogP contribution >= 0.6 is 0 Å². The first kappa shape index (κ1) is 69.3. The minimum atomic E-state index is 0. The van der Waals surface area contributed by atoms with Crippen molar-refractivity contribution in [3.8, 4) is 0 Å². The Morgan fingerprint density at radius 2 is 0.769 bits per heavy atom. The number of hydrogen-bond donors (Lipinski definition) is 0. The molecule has 0 saturated heterocycles. The van der Waals surface area contributed by atoms with E-state index in [9.17, 15) is 0 Å². The van der Waals surface area contributed by atoms with Crippen molar-refractivity contribution in [2.45, 2.75) is 6.92 Å². The van der Waals surface area contributed by atoms with Crippen molar-refractivity contribution in [3.05, 3.63) is 5.73 Å². The van der Waals surface area contributed by atoms with Gasteiger partial charge in [0.2, 0.25) is 0 Å². The topological polar surface area (TPSA) is 40.9 Å². The van der Waals surface area contributed by atoms with Crippen LogP contribution in [0.1, 0.15) is 6.92 Å². The van der Waals surface area contributed by atoms with Crippen molar-refractivity contribution in [2.24, 2.45) is 0 Å². The van der Waals surface area contributed by atoms with Crippen LogP contribution in [0.2, 0.25) is 0 Å². The SMILES string of the molecule is C[C-]=O.C[NH-].[U+2].[U].[U].[U].[U].[U].[U].[U]. The quantitative estimate of drug-likeness (QED) is 0.332. The van der Waals surface area contributed by atoms with Crippen LogP contribution < -0.4 is 0 Å². The molecule has 1 N–H and O–H groups in total. The summed E-state index contributed by atoms with van der Waals surface area (Å²) >= 11 is 0.